The molecule has 1 fully saturated rings. The summed E-state index contributed by atoms with van der Waals surface area (Å²) in [5, 5.41) is 19.3. The van der Waals surface area contributed by atoms with Crippen LogP contribution in [0.25, 0.3) is 11.3 Å². The van der Waals surface area contributed by atoms with Crippen LogP contribution < -0.4 is 9.80 Å². The number of aromatic hydroxyl groups is 1. The van der Waals surface area contributed by atoms with Crippen molar-refractivity contribution < 1.29 is 19.7 Å². The van der Waals surface area contributed by atoms with E-state index in [9.17, 15) is 15.0 Å². The van der Waals surface area contributed by atoms with Gasteiger partial charge in [0.1, 0.15) is 11.6 Å². The van der Waals surface area contributed by atoms with Crippen molar-refractivity contribution in [2.75, 3.05) is 42.6 Å². The van der Waals surface area contributed by atoms with Gasteiger partial charge >= 0.3 is 6.09 Å². The zero-order chi connectivity index (χ0) is 17.4. The van der Waals surface area contributed by atoms with Gasteiger partial charge < -0.3 is 19.8 Å². The van der Waals surface area contributed by atoms with Crippen LogP contribution in [0, 0.1) is 0 Å². The van der Waals surface area contributed by atoms with Crippen LogP contribution in [0.15, 0.2) is 24.3 Å². The molecule has 1 amide bonds. The van der Waals surface area contributed by atoms with Gasteiger partial charge in [-0.1, -0.05) is 12.1 Å². The van der Waals surface area contributed by atoms with Crippen LogP contribution in [0.5, 0.6) is 5.75 Å². The summed E-state index contributed by atoms with van der Waals surface area (Å²) in [6.45, 7) is 2.85. The van der Waals surface area contributed by atoms with Crippen LogP contribution >= 0.6 is 0 Å². The standard InChI is InChI=1S/C17H18N4O4/c22-12-3-1-2-11(10-12)14-13-4-5-21(17(23)24)15(13)19-16(18-14)20-6-8-25-9-7-20/h1-3,10,22H,4-9H2,(H,23,24). The van der Waals surface area contributed by atoms with E-state index in [4.69, 9.17) is 9.72 Å². The normalized spacial score (nSPS) is 16.8. The van der Waals surface area contributed by atoms with Gasteiger partial charge in [-0.05, 0) is 18.6 Å². The van der Waals surface area contributed by atoms with Crippen molar-refractivity contribution in [2.24, 2.45) is 0 Å². The van der Waals surface area contributed by atoms with Crippen molar-refractivity contribution in [3.05, 3.63) is 29.8 Å². The van der Waals surface area contributed by atoms with Gasteiger partial charge in [-0.25, -0.2) is 9.78 Å². The van der Waals surface area contributed by atoms with Crippen molar-refractivity contribution in [3.8, 4) is 17.0 Å². The number of carbonyl (C=O) groups is 1. The van der Waals surface area contributed by atoms with E-state index >= 15 is 0 Å². The second-order valence-electron chi connectivity index (χ2n) is 6.01. The van der Waals surface area contributed by atoms with Crippen molar-refractivity contribution in [1.82, 2.24) is 9.97 Å². The molecule has 2 aromatic rings. The molecule has 0 saturated carbocycles. The molecule has 4 rings (SSSR count). The van der Waals surface area contributed by atoms with Crippen LogP contribution in [-0.4, -0.2) is 59.1 Å². The number of hydrogen-bond acceptors (Lipinski definition) is 6. The highest BCUT2D eigenvalue weighted by molar-refractivity contribution is 5.90. The number of fused-ring (bicyclic) bond motifs is 1. The number of ether oxygens (including phenoxy) is 1. The summed E-state index contributed by atoms with van der Waals surface area (Å²) in [6.07, 6.45) is -0.469. The first-order chi connectivity index (χ1) is 12.1. The first-order valence-corrected chi connectivity index (χ1v) is 8.17. The van der Waals surface area contributed by atoms with E-state index in [0.29, 0.717) is 56.7 Å². The van der Waals surface area contributed by atoms with Gasteiger partial charge in [-0.2, -0.15) is 4.98 Å². The minimum atomic E-state index is -1.02. The molecule has 0 radical (unpaired) electrons. The monoisotopic (exact) mass is 342 g/mol. The highest BCUT2D eigenvalue weighted by Crippen LogP contribution is 2.36. The first kappa shape index (κ1) is 15.6. The number of carboxylic acid groups (broad SMARTS) is 1. The molecule has 3 heterocycles. The van der Waals surface area contributed by atoms with E-state index < -0.39 is 6.09 Å². The highest BCUT2D eigenvalue weighted by atomic mass is 16.5. The SMILES string of the molecule is O=C(O)N1CCc2c(-c3cccc(O)c3)nc(N3CCOCC3)nc21. The van der Waals surface area contributed by atoms with E-state index in [-0.39, 0.29) is 5.75 Å². The van der Waals surface area contributed by atoms with E-state index in [0.717, 1.165) is 11.1 Å². The van der Waals surface area contributed by atoms with Gasteiger partial charge in [0.05, 0.1) is 18.9 Å². The van der Waals surface area contributed by atoms with Crippen LogP contribution in [0.1, 0.15) is 5.56 Å². The molecule has 8 nitrogen and oxygen atoms in total. The number of phenols is 1. The van der Waals surface area contributed by atoms with Gasteiger partial charge in [0.2, 0.25) is 5.95 Å². The van der Waals surface area contributed by atoms with Crippen molar-refractivity contribution in [1.29, 1.82) is 0 Å². The van der Waals surface area contributed by atoms with Crippen LogP contribution in [0.4, 0.5) is 16.6 Å². The molecule has 0 atom stereocenters. The third-order valence-electron chi connectivity index (χ3n) is 4.46. The second-order valence-corrected chi connectivity index (χ2v) is 6.01. The lowest BCUT2D eigenvalue weighted by molar-refractivity contribution is 0.122. The summed E-state index contributed by atoms with van der Waals surface area (Å²) in [5.74, 6) is 1.07. The third-order valence-corrected chi connectivity index (χ3v) is 4.46. The van der Waals surface area contributed by atoms with Crippen LogP contribution in [-0.2, 0) is 11.2 Å². The average molecular weight is 342 g/mol. The zero-order valence-corrected chi connectivity index (χ0v) is 13.6. The lowest BCUT2D eigenvalue weighted by Gasteiger charge is -2.28. The average Bonchev–Trinajstić information content (AvgIpc) is 3.06. The minimum absolute atomic E-state index is 0.144. The molecule has 0 aliphatic carbocycles. The Morgan fingerprint density at radius 2 is 1.96 bits per heavy atom. The van der Waals surface area contributed by atoms with E-state index in [1.165, 1.54) is 4.90 Å². The van der Waals surface area contributed by atoms with Crippen molar-refractivity contribution >= 4 is 17.9 Å². The number of anilines is 2. The lowest BCUT2D eigenvalue weighted by atomic mass is 10.1. The maximum absolute atomic E-state index is 11.5. The number of hydrogen-bond donors (Lipinski definition) is 2. The molecule has 1 saturated heterocycles. The number of amides is 1. The molecule has 2 aliphatic heterocycles. The van der Waals surface area contributed by atoms with Crippen LogP contribution in [0.3, 0.4) is 0 Å². The van der Waals surface area contributed by atoms with Gasteiger partial charge in [-0.15, -0.1) is 0 Å². The zero-order valence-electron chi connectivity index (χ0n) is 13.6. The number of aromatic nitrogens is 2. The van der Waals surface area contributed by atoms with Crippen LogP contribution in [0.2, 0.25) is 0 Å². The molecule has 0 unspecified atom stereocenters. The first-order valence-electron chi connectivity index (χ1n) is 8.17. The molecule has 0 bridgehead atoms. The number of benzene rings is 1. The summed E-state index contributed by atoms with van der Waals surface area (Å²) in [5.41, 5.74) is 2.22. The molecular weight excluding hydrogens is 324 g/mol. The number of morpholine rings is 1. The molecule has 1 aromatic carbocycles. The largest absolute Gasteiger partial charge is 0.508 e. The Kier molecular flexibility index (Phi) is 3.89. The molecule has 1 aromatic heterocycles. The fraction of sp³-hybridized carbons (Fsp3) is 0.353. The van der Waals surface area contributed by atoms with Crippen molar-refractivity contribution in [3.63, 3.8) is 0 Å². The molecular formula is C17H18N4O4. The quantitative estimate of drug-likeness (QED) is 0.857. The van der Waals surface area contributed by atoms with E-state index in [2.05, 4.69) is 4.98 Å². The lowest BCUT2D eigenvalue weighted by Crippen LogP contribution is -2.38. The van der Waals surface area contributed by atoms with Gasteiger partial charge in [0, 0.05) is 30.8 Å². The molecule has 2 aliphatic rings. The summed E-state index contributed by atoms with van der Waals surface area (Å²) in [7, 11) is 0. The number of phenolic OH excluding ortho intramolecular Hbond substituents is 1. The minimum Gasteiger partial charge on any atom is -0.508 e. The van der Waals surface area contributed by atoms with Crippen molar-refractivity contribution in [2.45, 2.75) is 6.42 Å². The predicted octanol–water partition coefficient (Wildman–Crippen LogP) is 1.73. The Labute approximate surface area is 144 Å². The Morgan fingerprint density at radius 1 is 1.16 bits per heavy atom. The Bertz CT molecular complexity index is 820. The molecule has 25 heavy (non-hydrogen) atoms. The number of nitrogens with zero attached hydrogens (tertiary/aromatic N) is 4. The molecule has 8 heteroatoms. The van der Waals surface area contributed by atoms with Gasteiger partial charge in [0.25, 0.3) is 0 Å². The molecule has 0 spiro atoms. The summed E-state index contributed by atoms with van der Waals surface area (Å²) < 4.78 is 5.37. The fourth-order valence-corrected chi connectivity index (χ4v) is 3.23. The topological polar surface area (TPSA) is 99.0 Å². The summed E-state index contributed by atoms with van der Waals surface area (Å²) >= 11 is 0. The van der Waals surface area contributed by atoms with E-state index in [1.54, 1.807) is 18.2 Å². The Morgan fingerprint density at radius 3 is 2.68 bits per heavy atom. The van der Waals surface area contributed by atoms with Gasteiger partial charge in [0.15, 0.2) is 0 Å². The molecule has 2 N–H and O–H groups in total. The smallest absolute Gasteiger partial charge is 0.413 e. The second kappa shape index (κ2) is 6.21. The van der Waals surface area contributed by atoms with E-state index in [1.807, 2.05) is 11.0 Å². The highest BCUT2D eigenvalue weighted by Gasteiger charge is 2.31. The molecule has 130 valence electrons. The maximum atomic E-state index is 11.5. The Balaban J connectivity index is 1.86. The Hall–Kier alpha value is -2.87. The summed E-state index contributed by atoms with van der Waals surface area (Å²) in [4.78, 5) is 24.0. The fourth-order valence-electron chi connectivity index (χ4n) is 3.23. The third kappa shape index (κ3) is 2.85. The number of rotatable bonds is 2. The maximum Gasteiger partial charge on any atom is 0.413 e. The van der Waals surface area contributed by atoms with Gasteiger partial charge in [-0.3, -0.25) is 4.90 Å². The summed E-state index contributed by atoms with van der Waals surface area (Å²) in [6, 6.07) is 6.83. The predicted molar refractivity (Wildman–Crippen MR) is 91.2 cm³/mol.